The van der Waals surface area contributed by atoms with Crippen molar-refractivity contribution in [3.8, 4) is 11.5 Å². The van der Waals surface area contributed by atoms with Gasteiger partial charge in [0.05, 0.1) is 11.5 Å². The minimum absolute atomic E-state index is 0.0480. The molecule has 0 radical (unpaired) electrons. The summed E-state index contributed by atoms with van der Waals surface area (Å²) < 4.78 is 38.5. The number of ether oxygens (including phenoxy) is 2. The zero-order valence-electron chi connectivity index (χ0n) is 19.6. The average molecular weight is 498 g/mol. The Morgan fingerprint density at radius 2 is 1.54 bits per heavy atom. The molecule has 3 N–H and O–H groups in total. The molecule has 0 fully saturated rings. The van der Waals surface area contributed by atoms with Crippen LogP contribution in [-0.2, 0) is 14.8 Å². The van der Waals surface area contributed by atoms with E-state index in [0.29, 0.717) is 18.1 Å². The SMILES string of the molecule is CCOc1ccc(S(=O)(=O)Nc2cccc(C(=O)NNC(=O)COc3ccc(C)c(C)c3)c2)cc1. The maximum Gasteiger partial charge on any atom is 0.276 e. The van der Waals surface area contributed by atoms with Gasteiger partial charge < -0.3 is 9.47 Å². The number of aryl methyl sites for hydroxylation is 2. The van der Waals surface area contributed by atoms with E-state index in [-0.39, 0.29) is 22.8 Å². The maximum atomic E-state index is 12.7. The fraction of sp³-hybridized carbons (Fsp3) is 0.200. The fourth-order valence-corrected chi connectivity index (χ4v) is 4.06. The summed E-state index contributed by atoms with van der Waals surface area (Å²) >= 11 is 0. The largest absolute Gasteiger partial charge is 0.494 e. The van der Waals surface area contributed by atoms with Crippen LogP contribution >= 0.6 is 0 Å². The van der Waals surface area contributed by atoms with Crippen molar-refractivity contribution in [2.24, 2.45) is 0 Å². The Hall–Kier alpha value is -4.05. The van der Waals surface area contributed by atoms with E-state index >= 15 is 0 Å². The summed E-state index contributed by atoms with van der Waals surface area (Å²) in [5.41, 5.74) is 7.04. The molecule has 0 saturated carbocycles. The van der Waals surface area contributed by atoms with E-state index in [4.69, 9.17) is 9.47 Å². The highest BCUT2D eigenvalue weighted by molar-refractivity contribution is 7.92. The first-order valence-electron chi connectivity index (χ1n) is 10.8. The molecule has 0 aliphatic carbocycles. The summed E-state index contributed by atoms with van der Waals surface area (Å²) in [7, 11) is -3.88. The first kappa shape index (κ1) is 25.6. The van der Waals surface area contributed by atoms with E-state index in [0.717, 1.165) is 11.1 Å². The van der Waals surface area contributed by atoms with Crippen molar-refractivity contribution in [1.29, 1.82) is 0 Å². The molecule has 35 heavy (non-hydrogen) atoms. The molecule has 0 bridgehead atoms. The lowest BCUT2D eigenvalue weighted by Crippen LogP contribution is -2.43. The first-order valence-corrected chi connectivity index (χ1v) is 12.3. The Bertz CT molecular complexity index is 1310. The summed E-state index contributed by atoms with van der Waals surface area (Å²) in [6, 6.07) is 17.3. The molecule has 10 heteroatoms. The number of carbonyl (C=O) groups is 2. The van der Waals surface area contributed by atoms with Gasteiger partial charge in [-0.15, -0.1) is 0 Å². The molecule has 0 aromatic heterocycles. The van der Waals surface area contributed by atoms with Crippen LogP contribution in [0.25, 0.3) is 0 Å². The lowest BCUT2D eigenvalue weighted by molar-refractivity contribution is -0.123. The van der Waals surface area contributed by atoms with E-state index in [1.807, 2.05) is 32.9 Å². The van der Waals surface area contributed by atoms with Gasteiger partial charge in [-0.1, -0.05) is 12.1 Å². The molecule has 0 spiro atoms. The van der Waals surface area contributed by atoms with Gasteiger partial charge >= 0.3 is 0 Å². The van der Waals surface area contributed by atoms with Crippen molar-refractivity contribution < 1.29 is 27.5 Å². The number of benzene rings is 3. The molecular weight excluding hydrogens is 470 g/mol. The molecule has 2 amide bonds. The number of nitrogens with one attached hydrogen (secondary N) is 3. The standard InChI is InChI=1S/C25H27N3O6S/c1-4-33-21-10-12-23(13-11-21)35(31,32)28-20-7-5-6-19(15-20)25(30)27-26-24(29)16-34-22-9-8-17(2)18(3)14-22/h5-15,28H,4,16H2,1-3H3,(H,26,29)(H,27,30). The van der Waals surface area contributed by atoms with Gasteiger partial charge in [-0.2, -0.15) is 0 Å². The minimum atomic E-state index is -3.88. The lowest BCUT2D eigenvalue weighted by Gasteiger charge is -2.12. The van der Waals surface area contributed by atoms with Crippen molar-refractivity contribution in [2.75, 3.05) is 17.9 Å². The van der Waals surface area contributed by atoms with E-state index in [1.165, 1.54) is 36.4 Å². The molecule has 0 saturated heterocycles. The van der Waals surface area contributed by atoms with Crippen LogP contribution in [0.15, 0.2) is 71.6 Å². The van der Waals surface area contributed by atoms with Crippen LogP contribution in [0.2, 0.25) is 0 Å². The van der Waals surface area contributed by atoms with Crippen molar-refractivity contribution in [1.82, 2.24) is 10.9 Å². The molecule has 0 heterocycles. The smallest absolute Gasteiger partial charge is 0.276 e. The van der Waals surface area contributed by atoms with Gasteiger partial charge in [-0.05, 0) is 86.5 Å². The van der Waals surface area contributed by atoms with Crippen LogP contribution in [0, 0.1) is 13.8 Å². The summed E-state index contributed by atoms with van der Waals surface area (Å²) in [5, 5.41) is 0. The second-order valence-corrected chi connectivity index (χ2v) is 9.31. The Kier molecular flexibility index (Phi) is 8.32. The molecule has 0 aliphatic heterocycles. The maximum absolute atomic E-state index is 12.7. The summed E-state index contributed by atoms with van der Waals surface area (Å²) in [6.07, 6.45) is 0. The number of rotatable bonds is 9. The van der Waals surface area contributed by atoms with Gasteiger partial charge in [0.15, 0.2) is 6.61 Å². The van der Waals surface area contributed by atoms with Gasteiger partial charge in [0.25, 0.3) is 21.8 Å². The van der Waals surface area contributed by atoms with Crippen molar-refractivity contribution in [3.63, 3.8) is 0 Å². The van der Waals surface area contributed by atoms with E-state index in [2.05, 4.69) is 15.6 Å². The number of anilines is 1. The number of amides is 2. The van der Waals surface area contributed by atoms with Crippen LogP contribution < -0.4 is 25.0 Å². The fourth-order valence-electron chi connectivity index (χ4n) is 3.01. The highest BCUT2D eigenvalue weighted by Crippen LogP contribution is 2.20. The normalized spacial score (nSPS) is 10.8. The Morgan fingerprint density at radius 3 is 2.23 bits per heavy atom. The van der Waals surface area contributed by atoms with Crippen LogP contribution in [0.5, 0.6) is 11.5 Å². The predicted molar refractivity (Wildman–Crippen MR) is 132 cm³/mol. The minimum Gasteiger partial charge on any atom is -0.494 e. The molecule has 3 aromatic carbocycles. The summed E-state index contributed by atoms with van der Waals surface area (Å²) in [5.74, 6) is -0.0655. The molecule has 184 valence electrons. The van der Waals surface area contributed by atoms with Crippen LogP contribution in [-0.4, -0.2) is 33.4 Å². The van der Waals surface area contributed by atoms with Crippen LogP contribution in [0.1, 0.15) is 28.4 Å². The second kappa shape index (κ2) is 11.4. The molecule has 3 rings (SSSR count). The Balaban J connectivity index is 1.56. The predicted octanol–water partition coefficient (Wildman–Crippen LogP) is 3.34. The van der Waals surface area contributed by atoms with Gasteiger partial charge in [-0.3, -0.25) is 25.2 Å². The molecule has 0 unspecified atom stereocenters. The summed E-state index contributed by atoms with van der Waals surface area (Å²) in [6.45, 7) is 5.93. The third-order valence-electron chi connectivity index (χ3n) is 4.99. The van der Waals surface area contributed by atoms with E-state index in [1.54, 1.807) is 18.2 Å². The Labute approximate surface area is 204 Å². The number of sulfonamides is 1. The van der Waals surface area contributed by atoms with Crippen molar-refractivity contribution >= 4 is 27.5 Å². The van der Waals surface area contributed by atoms with Crippen LogP contribution in [0.3, 0.4) is 0 Å². The van der Waals surface area contributed by atoms with Crippen molar-refractivity contribution in [2.45, 2.75) is 25.7 Å². The number of hydrogen-bond donors (Lipinski definition) is 3. The Morgan fingerprint density at radius 1 is 0.829 bits per heavy atom. The van der Waals surface area contributed by atoms with Gasteiger partial charge in [-0.25, -0.2) is 8.42 Å². The molecule has 3 aromatic rings. The van der Waals surface area contributed by atoms with Gasteiger partial charge in [0.1, 0.15) is 11.5 Å². The zero-order chi connectivity index (χ0) is 25.4. The first-order chi connectivity index (χ1) is 16.7. The number of carbonyl (C=O) groups excluding carboxylic acids is 2. The quantitative estimate of drug-likeness (QED) is 0.390. The zero-order valence-corrected chi connectivity index (χ0v) is 20.4. The van der Waals surface area contributed by atoms with Crippen molar-refractivity contribution in [3.05, 3.63) is 83.4 Å². The average Bonchev–Trinajstić information content (AvgIpc) is 2.83. The third kappa shape index (κ3) is 7.21. The number of hydrazine groups is 1. The topological polar surface area (TPSA) is 123 Å². The van der Waals surface area contributed by atoms with Gasteiger partial charge in [0, 0.05) is 11.3 Å². The molecule has 0 atom stereocenters. The van der Waals surface area contributed by atoms with Gasteiger partial charge in [0.2, 0.25) is 0 Å². The molecular formula is C25H27N3O6S. The monoisotopic (exact) mass is 497 g/mol. The third-order valence-corrected chi connectivity index (χ3v) is 6.38. The highest BCUT2D eigenvalue weighted by atomic mass is 32.2. The highest BCUT2D eigenvalue weighted by Gasteiger charge is 2.16. The van der Waals surface area contributed by atoms with E-state index < -0.39 is 21.8 Å². The summed E-state index contributed by atoms with van der Waals surface area (Å²) in [4.78, 5) is 24.5. The number of hydrogen-bond acceptors (Lipinski definition) is 6. The van der Waals surface area contributed by atoms with E-state index in [9.17, 15) is 18.0 Å². The molecule has 0 aliphatic rings. The van der Waals surface area contributed by atoms with Crippen LogP contribution in [0.4, 0.5) is 5.69 Å². The second-order valence-electron chi connectivity index (χ2n) is 7.63. The lowest BCUT2D eigenvalue weighted by atomic mass is 10.1. The molecule has 9 nitrogen and oxygen atoms in total.